The van der Waals surface area contributed by atoms with Gasteiger partial charge in [-0.3, -0.25) is 4.79 Å². The van der Waals surface area contributed by atoms with Gasteiger partial charge < -0.3 is 14.7 Å². The molecule has 1 N–H and O–H groups in total. The molecule has 2 unspecified atom stereocenters. The first-order chi connectivity index (χ1) is 15.3. The van der Waals surface area contributed by atoms with E-state index in [4.69, 9.17) is 4.74 Å². The van der Waals surface area contributed by atoms with Crippen molar-refractivity contribution in [3.05, 3.63) is 27.7 Å². The number of hydrogen-bond acceptors (Lipinski definition) is 4. The maximum atomic E-state index is 13.6. The number of methoxy groups -OCH3 is 1. The fourth-order valence-electron chi connectivity index (χ4n) is 4.75. The van der Waals surface area contributed by atoms with Gasteiger partial charge in [0.2, 0.25) is 5.91 Å². The van der Waals surface area contributed by atoms with Crippen molar-refractivity contribution in [3.63, 3.8) is 0 Å². The zero-order chi connectivity index (χ0) is 23.3. The van der Waals surface area contributed by atoms with Gasteiger partial charge in [-0.05, 0) is 82.6 Å². The van der Waals surface area contributed by atoms with E-state index in [9.17, 15) is 19.1 Å². The zero-order valence-electron chi connectivity index (χ0n) is 19.4. The van der Waals surface area contributed by atoms with Crippen LogP contribution in [0.3, 0.4) is 0 Å². The molecule has 0 aromatic carbocycles. The lowest BCUT2D eigenvalue weighted by molar-refractivity contribution is -0.123. The largest absolute Gasteiger partial charge is 0.477 e. The summed E-state index contributed by atoms with van der Waals surface area (Å²) >= 11 is 1.24. The summed E-state index contributed by atoms with van der Waals surface area (Å²) in [5.41, 5.74) is 0.515. The van der Waals surface area contributed by atoms with E-state index in [0.717, 1.165) is 43.4 Å². The highest BCUT2D eigenvalue weighted by Crippen LogP contribution is 2.42. The molecule has 32 heavy (non-hydrogen) atoms. The summed E-state index contributed by atoms with van der Waals surface area (Å²) in [6.07, 6.45) is 8.64. The molecule has 5 nitrogen and oxygen atoms in total. The number of aromatic carboxylic acids is 1. The first-order valence-electron chi connectivity index (χ1n) is 11.9. The molecule has 1 aromatic heterocycles. The topological polar surface area (TPSA) is 66.8 Å². The molecule has 2 aliphatic carbocycles. The summed E-state index contributed by atoms with van der Waals surface area (Å²) in [7, 11) is 1.67. The summed E-state index contributed by atoms with van der Waals surface area (Å²) in [5.74, 6) is -0.364. The third-order valence-corrected chi connectivity index (χ3v) is 8.28. The number of anilines is 1. The van der Waals surface area contributed by atoms with E-state index in [-0.39, 0.29) is 34.6 Å². The van der Waals surface area contributed by atoms with Crippen LogP contribution in [0.15, 0.2) is 18.0 Å². The molecule has 1 aromatic rings. The molecule has 0 radical (unpaired) electrons. The van der Waals surface area contributed by atoms with Crippen LogP contribution >= 0.6 is 11.3 Å². The summed E-state index contributed by atoms with van der Waals surface area (Å²) in [6.45, 7) is 4.70. The van der Waals surface area contributed by atoms with Crippen molar-refractivity contribution in [1.29, 1.82) is 0 Å². The Balaban J connectivity index is 1.87. The van der Waals surface area contributed by atoms with Crippen LogP contribution in [0.2, 0.25) is 0 Å². The van der Waals surface area contributed by atoms with E-state index in [0.29, 0.717) is 37.4 Å². The van der Waals surface area contributed by atoms with E-state index in [1.54, 1.807) is 18.1 Å². The Morgan fingerprint density at radius 2 is 2.00 bits per heavy atom. The van der Waals surface area contributed by atoms with Crippen molar-refractivity contribution in [3.8, 4) is 0 Å². The number of ether oxygens (including phenoxy) is 1. The van der Waals surface area contributed by atoms with E-state index in [2.05, 4.69) is 6.92 Å². The quantitative estimate of drug-likeness (QED) is 0.449. The Morgan fingerprint density at radius 1 is 1.28 bits per heavy atom. The Labute approximate surface area is 194 Å². The minimum Gasteiger partial charge on any atom is -0.477 e. The molecule has 0 bridgehead atoms. The van der Waals surface area contributed by atoms with E-state index in [1.807, 2.05) is 13.0 Å². The second-order valence-corrected chi connectivity index (χ2v) is 10.5. The predicted octanol–water partition coefficient (Wildman–Crippen LogP) is 6.54. The maximum Gasteiger partial charge on any atom is 0.348 e. The lowest BCUT2D eigenvalue weighted by atomic mass is 9.82. The number of carbonyl (C=O) groups excluding carboxylic acids is 1. The number of amides is 1. The van der Waals surface area contributed by atoms with Crippen LogP contribution in [0.5, 0.6) is 0 Å². The highest BCUT2D eigenvalue weighted by molar-refractivity contribution is 7.14. The standard InChI is InChI=1S/C25H36FNO4S/c1-16-6-8-19(9-7-16)24(28)27(14-4-5-17(2)31-3)21-15-22(32-23(21)25(29)30)18-10-12-20(26)13-11-18/h12,15-19H,4-11,13-14H2,1-3H3,(H,29,30). The van der Waals surface area contributed by atoms with Gasteiger partial charge in [0.15, 0.2) is 0 Å². The van der Waals surface area contributed by atoms with Gasteiger partial charge in [-0.2, -0.15) is 0 Å². The number of hydrogen-bond donors (Lipinski definition) is 1. The van der Waals surface area contributed by atoms with Crippen LogP contribution in [0.25, 0.3) is 0 Å². The van der Waals surface area contributed by atoms with Crippen LogP contribution < -0.4 is 4.90 Å². The Bertz CT molecular complexity index is 828. The van der Waals surface area contributed by atoms with Gasteiger partial charge in [0.1, 0.15) is 4.88 Å². The molecule has 1 fully saturated rings. The van der Waals surface area contributed by atoms with Gasteiger partial charge in [-0.25, -0.2) is 9.18 Å². The van der Waals surface area contributed by atoms with Crippen LogP contribution in [-0.2, 0) is 9.53 Å². The number of carbonyl (C=O) groups is 2. The molecule has 1 heterocycles. The highest BCUT2D eigenvalue weighted by atomic mass is 32.1. The average Bonchev–Trinajstić information content (AvgIpc) is 3.22. The van der Waals surface area contributed by atoms with Crippen molar-refractivity contribution >= 4 is 28.9 Å². The number of halogens is 1. The predicted molar refractivity (Wildman–Crippen MR) is 126 cm³/mol. The van der Waals surface area contributed by atoms with Gasteiger partial charge in [0, 0.05) is 24.4 Å². The summed E-state index contributed by atoms with van der Waals surface area (Å²) in [4.78, 5) is 28.6. The third kappa shape index (κ3) is 6.19. The normalized spacial score (nSPS) is 24.6. The van der Waals surface area contributed by atoms with Crippen LogP contribution in [0, 0.1) is 11.8 Å². The fraction of sp³-hybridized carbons (Fsp3) is 0.680. The number of carboxylic acid groups (broad SMARTS) is 1. The van der Waals surface area contributed by atoms with Crippen molar-refractivity contribution in [2.45, 2.75) is 83.7 Å². The van der Waals surface area contributed by atoms with Gasteiger partial charge in [0.05, 0.1) is 17.6 Å². The second kappa shape index (κ2) is 11.4. The second-order valence-electron chi connectivity index (χ2n) is 9.43. The van der Waals surface area contributed by atoms with E-state index >= 15 is 0 Å². The Morgan fingerprint density at radius 3 is 2.59 bits per heavy atom. The molecular weight excluding hydrogens is 429 g/mol. The van der Waals surface area contributed by atoms with Gasteiger partial charge >= 0.3 is 5.97 Å². The molecule has 0 saturated heterocycles. The third-order valence-electron chi connectivity index (χ3n) is 7.00. The molecule has 1 amide bonds. The van der Waals surface area contributed by atoms with E-state index in [1.165, 1.54) is 11.3 Å². The Hall–Kier alpha value is -1.73. The molecule has 2 aliphatic rings. The maximum absolute atomic E-state index is 13.6. The van der Waals surface area contributed by atoms with Crippen LogP contribution in [0.4, 0.5) is 10.1 Å². The van der Waals surface area contributed by atoms with E-state index < -0.39 is 5.97 Å². The smallest absolute Gasteiger partial charge is 0.348 e. The average molecular weight is 466 g/mol. The van der Waals surface area contributed by atoms with Crippen molar-refractivity contribution in [2.75, 3.05) is 18.6 Å². The number of allylic oxidation sites excluding steroid dienone is 2. The lowest BCUT2D eigenvalue weighted by Gasteiger charge is -2.31. The van der Waals surface area contributed by atoms with Crippen molar-refractivity contribution in [2.24, 2.45) is 11.8 Å². The molecule has 2 atom stereocenters. The first kappa shape index (κ1) is 24.9. The van der Waals surface area contributed by atoms with Gasteiger partial charge in [0.25, 0.3) is 0 Å². The summed E-state index contributed by atoms with van der Waals surface area (Å²) in [6, 6.07) is 1.89. The number of nitrogens with zero attached hydrogens (tertiary/aromatic N) is 1. The van der Waals surface area contributed by atoms with Crippen molar-refractivity contribution < 1.29 is 23.8 Å². The zero-order valence-corrected chi connectivity index (χ0v) is 20.3. The van der Waals surface area contributed by atoms with Crippen LogP contribution in [0.1, 0.15) is 92.1 Å². The first-order valence-corrected chi connectivity index (χ1v) is 12.7. The van der Waals surface area contributed by atoms with Gasteiger partial charge in [-0.15, -0.1) is 11.3 Å². The number of thiophene rings is 1. The highest BCUT2D eigenvalue weighted by Gasteiger charge is 2.33. The van der Waals surface area contributed by atoms with Gasteiger partial charge in [-0.1, -0.05) is 13.0 Å². The molecule has 3 rings (SSSR count). The minimum absolute atomic E-state index is 0.0448. The summed E-state index contributed by atoms with van der Waals surface area (Å²) < 4.78 is 18.8. The molecule has 0 aliphatic heterocycles. The van der Waals surface area contributed by atoms with Crippen molar-refractivity contribution in [1.82, 2.24) is 0 Å². The fourth-order valence-corrected chi connectivity index (χ4v) is 5.89. The SMILES string of the molecule is COC(C)CCCN(C(=O)C1CCC(C)CC1)c1cc(C2CC=C(F)CC2)sc1C(=O)O. The number of carboxylic acids is 1. The Kier molecular flexibility index (Phi) is 8.88. The van der Waals surface area contributed by atoms with Crippen LogP contribution in [-0.4, -0.2) is 36.7 Å². The molecular formula is C25H36FNO4S. The number of rotatable bonds is 9. The summed E-state index contributed by atoms with van der Waals surface area (Å²) in [5, 5.41) is 9.93. The minimum atomic E-state index is -1.01. The molecule has 0 spiro atoms. The monoisotopic (exact) mass is 465 g/mol. The molecule has 7 heteroatoms. The lowest BCUT2D eigenvalue weighted by Crippen LogP contribution is -2.39. The molecule has 1 saturated carbocycles. The molecule has 178 valence electrons.